The van der Waals surface area contributed by atoms with E-state index in [0.717, 1.165) is 30.0 Å². The van der Waals surface area contributed by atoms with Crippen molar-refractivity contribution >= 4 is 11.8 Å². The van der Waals surface area contributed by atoms with E-state index < -0.39 is 12.1 Å². The van der Waals surface area contributed by atoms with Gasteiger partial charge in [0.1, 0.15) is 24.5 Å². The van der Waals surface area contributed by atoms with Gasteiger partial charge in [-0.05, 0) is 30.5 Å². The number of amides is 2. The maximum Gasteiger partial charge on any atom is 0.251 e. The van der Waals surface area contributed by atoms with Gasteiger partial charge in [0, 0.05) is 26.1 Å². The number of carbonyl (C=O) groups is 2. The van der Waals surface area contributed by atoms with Crippen LogP contribution in [-0.2, 0) is 27.8 Å². The molecule has 2 fully saturated rings. The van der Waals surface area contributed by atoms with E-state index in [1.807, 2.05) is 36.2 Å². The minimum absolute atomic E-state index is 0.0727. The molecule has 4 rings (SSSR count). The number of ether oxygens (including phenoxy) is 2. The smallest absolute Gasteiger partial charge is 0.251 e. The van der Waals surface area contributed by atoms with E-state index >= 15 is 0 Å². The van der Waals surface area contributed by atoms with Crippen LogP contribution < -0.4 is 10.1 Å². The monoisotopic (exact) mass is 399 g/mol. The Morgan fingerprint density at radius 1 is 1.31 bits per heavy atom. The Kier molecular flexibility index (Phi) is 5.48. The molecule has 1 saturated carbocycles. The van der Waals surface area contributed by atoms with Gasteiger partial charge in [0.2, 0.25) is 5.91 Å². The van der Waals surface area contributed by atoms with E-state index in [-0.39, 0.29) is 24.5 Å². The fourth-order valence-corrected chi connectivity index (χ4v) is 3.71. The predicted octanol–water partition coefficient (Wildman–Crippen LogP) is 0.614. The lowest BCUT2D eigenvalue weighted by Gasteiger charge is -2.40. The minimum atomic E-state index is -0.763. The van der Waals surface area contributed by atoms with Gasteiger partial charge in [0.15, 0.2) is 6.10 Å². The molecule has 1 aliphatic heterocycles. The van der Waals surface area contributed by atoms with Gasteiger partial charge in [-0.15, -0.1) is 0 Å². The summed E-state index contributed by atoms with van der Waals surface area (Å²) in [6.07, 6.45) is 3.20. The number of methoxy groups -OCH3 is 1. The van der Waals surface area contributed by atoms with Crippen molar-refractivity contribution in [1.29, 1.82) is 0 Å². The Bertz CT molecular complexity index is 877. The number of carbonyl (C=O) groups excluding carboxylic acids is 2. The largest absolute Gasteiger partial charge is 0.497 e. The summed E-state index contributed by atoms with van der Waals surface area (Å²) in [7, 11) is 3.42. The van der Waals surface area contributed by atoms with E-state index in [1.165, 1.54) is 6.33 Å². The number of hydrogen-bond acceptors (Lipinski definition) is 6. The lowest BCUT2D eigenvalue weighted by molar-refractivity contribution is -0.165. The number of nitrogens with one attached hydrogen (secondary N) is 1. The number of aryl methyl sites for hydroxylation is 1. The molecule has 2 aromatic rings. The van der Waals surface area contributed by atoms with Crippen LogP contribution in [0, 0.1) is 0 Å². The molecule has 0 bridgehead atoms. The number of benzene rings is 1. The summed E-state index contributed by atoms with van der Waals surface area (Å²) in [5.41, 5.74) is 0.860. The van der Waals surface area contributed by atoms with E-state index in [1.54, 1.807) is 11.8 Å². The topological polar surface area (TPSA) is 98.6 Å². The zero-order valence-electron chi connectivity index (χ0n) is 16.6. The molecule has 1 N–H and O–H groups in total. The predicted molar refractivity (Wildman–Crippen MR) is 103 cm³/mol. The molecule has 1 aromatic carbocycles. The molecule has 0 spiro atoms. The lowest BCUT2D eigenvalue weighted by atomic mass is 9.96. The maximum atomic E-state index is 13.0. The van der Waals surface area contributed by atoms with Gasteiger partial charge in [-0.3, -0.25) is 14.3 Å². The highest BCUT2D eigenvalue weighted by Gasteiger charge is 2.47. The third-order valence-electron chi connectivity index (χ3n) is 5.37. The van der Waals surface area contributed by atoms with Gasteiger partial charge in [0.05, 0.1) is 13.2 Å². The number of rotatable bonds is 7. The van der Waals surface area contributed by atoms with Gasteiger partial charge in [-0.25, -0.2) is 4.98 Å². The second-order valence-corrected chi connectivity index (χ2v) is 7.32. The van der Waals surface area contributed by atoms with Crippen LogP contribution in [0.25, 0.3) is 0 Å². The summed E-state index contributed by atoms with van der Waals surface area (Å²) in [6.45, 7) is 0.336. The molecule has 2 aliphatic rings. The van der Waals surface area contributed by atoms with E-state index in [0.29, 0.717) is 13.0 Å². The highest BCUT2D eigenvalue weighted by atomic mass is 16.5. The quantitative estimate of drug-likeness (QED) is 0.733. The van der Waals surface area contributed by atoms with Crippen LogP contribution in [0.4, 0.5) is 0 Å². The molecule has 1 aliphatic carbocycles. The highest BCUT2D eigenvalue weighted by Crippen LogP contribution is 2.39. The third-order valence-corrected chi connectivity index (χ3v) is 5.37. The first-order valence-corrected chi connectivity index (χ1v) is 9.76. The van der Waals surface area contributed by atoms with E-state index in [4.69, 9.17) is 9.47 Å². The Labute approximate surface area is 169 Å². The molecule has 9 nitrogen and oxygen atoms in total. The summed E-state index contributed by atoms with van der Waals surface area (Å²) in [5, 5.41) is 6.96. The zero-order valence-corrected chi connectivity index (χ0v) is 16.6. The molecule has 2 atom stereocenters. The average Bonchev–Trinajstić information content (AvgIpc) is 3.49. The fraction of sp³-hybridized carbons (Fsp3) is 0.500. The molecule has 2 amide bonds. The molecule has 1 aromatic heterocycles. The lowest BCUT2D eigenvalue weighted by Crippen LogP contribution is -2.55. The number of aromatic nitrogens is 3. The van der Waals surface area contributed by atoms with E-state index in [2.05, 4.69) is 15.4 Å². The van der Waals surface area contributed by atoms with E-state index in [9.17, 15) is 9.59 Å². The summed E-state index contributed by atoms with van der Waals surface area (Å²) >= 11 is 0. The van der Waals surface area contributed by atoms with Crippen LogP contribution in [-0.4, -0.2) is 63.9 Å². The Morgan fingerprint density at radius 3 is 2.69 bits per heavy atom. The van der Waals surface area contributed by atoms with Gasteiger partial charge in [-0.1, -0.05) is 12.1 Å². The molecule has 154 valence electrons. The van der Waals surface area contributed by atoms with Crippen LogP contribution in [0.15, 0.2) is 30.6 Å². The molecule has 29 heavy (non-hydrogen) atoms. The van der Waals surface area contributed by atoms with Crippen molar-refractivity contribution in [2.24, 2.45) is 7.05 Å². The van der Waals surface area contributed by atoms with Crippen LogP contribution >= 0.6 is 0 Å². The number of hydrogen-bond donors (Lipinski definition) is 1. The first-order chi connectivity index (χ1) is 14.1. The summed E-state index contributed by atoms with van der Waals surface area (Å²) < 4.78 is 12.6. The Balaban J connectivity index is 1.51. The molecule has 1 saturated heterocycles. The van der Waals surface area contributed by atoms with Crippen molar-refractivity contribution in [3.05, 3.63) is 42.0 Å². The standard InChI is InChI=1S/C20H25N5O4/c1-24-16(22-12-23-24)9-10-21-20(27)19-18(13-3-7-15(28-2)8-4-13)25(14-5-6-14)17(26)11-29-19/h3-4,7-8,12,14,18-19H,5-6,9-11H2,1-2H3,(H,21,27)/t18-,19+/m1/s1. The minimum Gasteiger partial charge on any atom is -0.497 e. The second kappa shape index (κ2) is 8.20. The van der Waals surface area contributed by atoms with Gasteiger partial charge < -0.3 is 19.7 Å². The number of nitrogens with zero attached hydrogens (tertiary/aromatic N) is 4. The van der Waals surface area contributed by atoms with Gasteiger partial charge >= 0.3 is 0 Å². The summed E-state index contributed by atoms with van der Waals surface area (Å²) in [6, 6.07) is 7.17. The van der Waals surface area contributed by atoms with Crippen LogP contribution in [0.3, 0.4) is 0 Å². The van der Waals surface area contributed by atoms with Gasteiger partial charge in [0.25, 0.3) is 5.91 Å². The van der Waals surface area contributed by atoms with Crippen molar-refractivity contribution in [1.82, 2.24) is 25.0 Å². The van der Waals surface area contributed by atoms with Crippen molar-refractivity contribution in [3.63, 3.8) is 0 Å². The molecule has 0 radical (unpaired) electrons. The van der Waals surface area contributed by atoms with Crippen molar-refractivity contribution < 1.29 is 19.1 Å². The molecule has 0 unspecified atom stereocenters. The second-order valence-electron chi connectivity index (χ2n) is 7.32. The normalized spacial score (nSPS) is 21.9. The summed E-state index contributed by atoms with van der Waals surface area (Å²) in [4.78, 5) is 31.5. The fourth-order valence-electron chi connectivity index (χ4n) is 3.71. The molecule has 2 heterocycles. The highest BCUT2D eigenvalue weighted by molar-refractivity contribution is 5.86. The Morgan fingerprint density at radius 2 is 2.07 bits per heavy atom. The number of morpholine rings is 1. The molecular weight excluding hydrogens is 374 g/mol. The first-order valence-electron chi connectivity index (χ1n) is 9.76. The summed E-state index contributed by atoms with van der Waals surface area (Å²) in [5.74, 6) is 1.21. The maximum absolute atomic E-state index is 13.0. The van der Waals surface area contributed by atoms with Gasteiger partial charge in [-0.2, -0.15) is 5.10 Å². The first kappa shape index (κ1) is 19.4. The zero-order chi connectivity index (χ0) is 20.4. The van der Waals surface area contributed by atoms with Crippen molar-refractivity contribution in [3.8, 4) is 5.75 Å². The molecular formula is C20H25N5O4. The Hall–Kier alpha value is -2.94. The van der Waals surface area contributed by atoms with Crippen LogP contribution in [0.2, 0.25) is 0 Å². The van der Waals surface area contributed by atoms with Crippen LogP contribution in [0.1, 0.15) is 30.3 Å². The average molecular weight is 399 g/mol. The molecule has 9 heteroatoms. The third kappa shape index (κ3) is 4.09. The SMILES string of the molecule is COc1ccc([C@@H]2[C@@H](C(=O)NCCc3ncnn3C)OCC(=O)N2C2CC2)cc1. The van der Waals surface area contributed by atoms with Crippen LogP contribution in [0.5, 0.6) is 5.75 Å². The van der Waals surface area contributed by atoms with Crippen molar-refractivity contribution in [2.75, 3.05) is 20.3 Å². The van der Waals surface area contributed by atoms with Crippen molar-refractivity contribution in [2.45, 2.75) is 37.5 Å².